The summed E-state index contributed by atoms with van der Waals surface area (Å²) in [6.45, 7) is 2.02. The van der Waals surface area contributed by atoms with Crippen LogP contribution in [0.4, 0.5) is 0 Å². The zero-order valence-electron chi connectivity index (χ0n) is 15.5. The predicted molar refractivity (Wildman–Crippen MR) is 111 cm³/mol. The summed E-state index contributed by atoms with van der Waals surface area (Å²) in [5.74, 6) is 0.344. The fourth-order valence-electron chi connectivity index (χ4n) is 4.49. The number of phenols is 1. The summed E-state index contributed by atoms with van der Waals surface area (Å²) in [4.78, 5) is 5.83. The zero-order valence-corrected chi connectivity index (χ0v) is 15.5. The van der Waals surface area contributed by atoms with Gasteiger partial charge in [0.1, 0.15) is 5.75 Å². The number of H-pyrrole nitrogens is 1. The van der Waals surface area contributed by atoms with Crippen LogP contribution in [0.3, 0.4) is 0 Å². The third kappa shape index (κ3) is 2.64. The molecule has 2 heterocycles. The third-order valence-corrected chi connectivity index (χ3v) is 5.83. The minimum atomic E-state index is -0.0201. The van der Waals surface area contributed by atoms with Gasteiger partial charge in [-0.3, -0.25) is 4.90 Å². The Labute approximate surface area is 163 Å². The van der Waals surface area contributed by atoms with Gasteiger partial charge in [-0.15, -0.1) is 0 Å². The van der Waals surface area contributed by atoms with Gasteiger partial charge in [-0.25, -0.2) is 0 Å². The van der Waals surface area contributed by atoms with Crippen molar-refractivity contribution in [3.05, 3.63) is 77.4 Å². The molecule has 1 fully saturated rings. The van der Waals surface area contributed by atoms with Crippen LogP contribution in [0.25, 0.3) is 21.8 Å². The number of phenolic OH excluding ortho intramolecular Hbond substituents is 1. The van der Waals surface area contributed by atoms with Gasteiger partial charge < -0.3 is 10.1 Å². The number of nitrogens with one attached hydrogen (secondary N) is 1. The second-order valence-electron chi connectivity index (χ2n) is 7.48. The number of aromatic amines is 1. The fourth-order valence-corrected chi connectivity index (χ4v) is 4.49. The van der Waals surface area contributed by atoms with Gasteiger partial charge in [0.05, 0.1) is 23.2 Å². The first-order valence-electron chi connectivity index (χ1n) is 9.72. The molecule has 0 saturated carbocycles. The number of benzene rings is 3. The highest BCUT2D eigenvalue weighted by atomic mass is 16.3. The molecule has 0 amide bonds. The van der Waals surface area contributed by atoms with E-state index in [2.05, 4.69) is 22.0 Å². The quantitative estimate of drug-likeness (QED) is 0.530. The molecule has 0 bridgehead atoms. The lowest BCUT2D eigenvalue weighted by atomic mass is 9.94. The maximum absolute atomic E-state index is 11.3. The minimum absolute atomic E-state index is 0.0201. The molecule has 0 aliphatic carbocycles. The van der Waals surface area contributed by atoms with E-state index in [1.54, 1.807) is 0 Å². The van der Waals surface area contributed by atoms with Gasteiger partial charge in [0.2, 0.25) is 0 Å². The number of para-hydroxylation sites is 1. The number of aromatic hydroxyl groups is 1. The Morgan fingerprint density at radius 1 is 0.929 bits per heavy atom. The maximum atomic E-state index is 11.3. The molecule has 0 spiro atoms. The van der Waals surface area contributed by atoms with E-state index in [1.807, 2.05) is 54.6 Å². The molecule has 1 aliphatic rings. The van der Waals surface area contributed by atoms with E-state index < -0.39 is 0 Å². The van der Waals surface area contributed by atoms with Gasteiger partial charge in [-0.1, -0.05) is 36.4 Å². The first-order valence-corrected chi connectivity index (χ1v) is 9.72. The van der Waals surface area contributed by atoms with Crippen LogP contribution in [0.15, 0.2) is 60.7 Å². The van der Waals surface area contributed by atoms with Crippen molar-refractivity contribution in [3.63, 3.8) is 0 Å². The summed E-state index contributed by atoms with van der Waals surface area (Å²) in [5, 5.41) is 22.4. The number of hydrogen-bond donors (Lipinski definition) is 2. The topological polar surface area (TPSA) is 63.1 Å². The highest BCUT2D eigenvalue weighted by Crippen LogP contribution is 2.42. The van der Waals surface area contributed by atoms with Gasteiger partial charge in [0.25, 0.3) is 0 Å². The average molecular weight is 367 g/mol. The van der Waals surface area contributed by atoms with Crippen molar-refractivity contribution in [2.45, 2.75) is 18.9 Å². The molecule has 5 rings (SSSR count). The molecule has 1 saturated heterocycles. The van der Waals surface area contributed by atoms with E-state index in [0.717, 1.165) is 46.0 Å². The van der Waals surface area contributed by atoms with E-state index in [0.29, 0.717) is 11.3 Å². The molecule has 138 valence electrons. The first kappa shape index (κ1) is 16.9. The second-order valence-corrected chi connectivity index (χ2v) is 7.48. The van der Waals surface area contributed by atoms with Gasteiger partial charge in [-0.05, 0) is 55.8 Å². The van der Waals surface area contributed by atoms with Crippen LogP contribution in [0.5, 0.6) is 5.75 Å². The number of nitrogens with zero attached hydrogens (tertiary/aromatic N) is 2. The van der Waals surface area contributed by atoms with Gasteiger partial charge in [0, 0.05) is 21.9 Å². The molecular formula is C24H21N3O. The van der Waals surface area contributed by atoms with Crippen molar-refractivity contribution in [1.82, 2.24) is 9.88 Å². The molecule has 4 heteroatoms. The maximum Gasteiger partial charge on any atom is 0.130 e. The molecule has 4 aromatic rings. The van der Waals surface area contributed by atoms with Crippen molar-refractivity contribution in [3.8, 4) is 11.8 Å². The van der Waals surface area contributed by atoms with Crippen LogP contribution in [0.1, 0.15) is 35.6 Å². The summed E-state index contributed by atoms with van der Waals surface area (Å²) >= 11 is 0. The third-order valence-electron chi connectivity index (χ3n) is 5.83. The Balaban J connectivity index is 1.71. The standard InChI is InChI=1S/C24H21N3O/c25-15-16-7-9-17(10-8-16)23(27-13-3-4-14-27)19-11-12-21-22(24(19)28)18-5-1-2-6-20(18)26-21/h1-2,5-12,23,26,28H,3-4,13-14H2. The molecule has 1 aromatic heterocycles. The van der Waals surface area contributed by atoms with Crippen LogP contribution in [-0.2, 0) is 0 Å². The van der Waals surface area contributed by atoms with Crippen molar-refractivity contribution in [2.24, 2.45) is 0 Å². The summed E-state index contributed by atoms with van der Waals surface area (Å²) in [6.07, 6.45) is 2.34. The number of aromatic nitrogens is 1. The van der Waals surface area contributed by atoms with Crippen LogP contribution < -0.4 is 0 Å². The Hall–Kier alpha value is -3.29. The van der Waals surface area contributed by atoms with Crippen molar-refractivity contribution < 1.29 is 5.11 Å². The van der Waals surface area contributed by atoms with Crippen molar-refractivity contribution in [1.29, 1.82) is 5.26 Å². The molecule has 1 aliphatic heterocycles. The lowest BCUT2D eigenvalue weighted by Crippen LogP contribution is -2.26. The summed E-state index contributed by atoms with van der Waals surface area (Å²) < 4.78 is 0. The van der Waals surface area contributed by atoms with Gasteiger partial charge >= 0.3 is 0 Å². The molecule has 0 radical (unpaired) electrons. The monoisotopic (exact) mass is 367 g/mol. The molecule has 1 atom stereocenters. The van der Waals surface area contributed by atoms with E-state index in [9.17, 15) is 5.11 Å². The van der Waals surface area contributed by atoms with Gasteiger partial charge in [-0.2, -0.15) is 5.26 Å². The number of nitriles is 1. The first-order chi connectivity index (χ1) is 13.8. The highest BCUT2D eigenvalue weighted by Gasteiger charge is 2.28. The summed E-state index contributed by atoms with van der Waals surface area (Å²) in [7, 11) is 0. The Bertz CT molecular complexity index is 1190. The van der Waals surface area contributed by atoms with E-state index in [4.69, 9.17) is 5.26 Å². The SMILES string of the molecule is N#Cc1ccc(C(c2ccc3[nH]c4ccccc4c3c2O)N2CCCC2)cc1. The van der Waals surface area contributed by atoms with Gasteiger partial charge in [0.15, 0.2) is 0 Å². The van der Waals surface area contributed by atoms with Crippen molar-refractivity contribution in [2.75, 3.05) is 13.1 Å². The predicted octanol–water partition coefficient (Wildman–Crippen LogP) is 5.08. The number of likely N-dealkylation sites (tertiary alicyclic amines) is 1. The fraction of sp³-hybridized carbons (Fsp3) is 0.208. The van der Waals surface area contributed by atoms with Crippen LogP contribution in [0.2, 0.25) is 0 Å². The van der Waals surface area contributed by atoms with E-state index >= 15 is 0 Å². The lowest BCUT2D eigenvalue weighted by Gasteiger charge is -2.29. The lowest BCUT2D eigenvalue weighted by molar-refractivity contribution is 0.276. The van der Waals surface area contributed by atoms with Crippen LogP contribution in [0, 0.1) is 11.3 Å². The molecule has 4 nitrogen and oxygen atoms in total. The molecule has 1 unspecified atom stereocenters. The van der Waals surface area contributed by atoms with E-state index in [1.165, 1.54) is 12.8 Å². The highest BCUT2D eigenvalue weighted by molar-refractivity contribution is 6.10. The summed E-state index contributed by atoms with van der Waals surface area (Å²) in [6, 6.07) is 22.1. The average Bonchev–Trinajstić information content (AvgIpc) is 3.38. The Kier molecular flexibility index (Phi) is 4.03. The van der Waals surface area contributed by atoms with Crippen LogP contribution >= 0.6 is 0 Å². The van der Waals surface area contributed by atoms with Crippen LogP contribution in [-0.4, -0.2) is 28.1 Å². The molecule has 3 aromatic carbocycles. The largest absolute Gasteiger partial charge is 0.507 e. The number of rotatable bonds is 3. The number of hydrogen-bond acceptors (Lipinski definition) is 3. The molecule has 2 N–H and O–H groups in total. The Morgan fingerprint density at radius 3 is 2.43 bits per heavy atom. The molecule has 28 heavy (non-hydrogen) atoms. The minimum Gasteiger partial charge on any atom is -0.507 e. The zero-order chi connectivity index (χ0) is 19.1. The second kappa shape index (κ2) is 6.70. The van der Waals surface area contributed by atoms with E-state index in [-0.39, 0.29) is 6.04 Å². The van der Waals surface area contributed by atoms with Crippen molar-refractivity contribution >= 4 is 21.8 Å². The molecular weight excluding hydrogens is 346 g/mol. The smallest absolute Gasteiger partial charge is 0.130 e. The summed E-state index contributed by atoms with van der Waals surface area (Å²) in [5.41, 5.74) is 4.66. The number of fused-ring (bicyclic) bond motifs is 3. The normalized spacial score (nSPS) is 15.8. The Morgan fingerprint density at radius 2 is 1.68 bits per heavy atom.